The molecule has 0 aromatic heterocycles. The van der Waals surface area contributed by atoms with Gasteiger partial charge in [0.05, 0.1) is 12.2 Å². The highest BCUT2D eigenvalue weighted by Gasteiger charge is 2.18. The first kappa shape index (κ1) is 28.1. The lowest BCUT2D eigenvalue weighted by molar-refractivity contribution is 0.304. The molecule has 0 amide bonds. The number of rotatable bonds is 21. The van der Waals surface area contributed by atoms with Gasteiger partial charge in [-0.05, 0) is 25.0 Å². The minimum Gasteiger partial charge on any atom is -0.489 e. The molecule has 190 valence electrons. The second-order valence-electron chi connectivity index (χ2n) is 10.5. The zero-order chi connectivity index (χ0) is 23.4. The van der Waals surface area contributed by atoms with Crippen molar-refractivity contribution in [2.75, 3.05) is 24.6 Å². The molecule has 1 aliphatic rings. The van der Waals surface area contributed by atoms with Gasteiger partial charge in [-0.3, -0.25) is 0 Å². The Kier molecular flexibility index (Phi) is 16.3. The highest BCUT2D eigenvalue weighted by Crippen LogP contribution is 2.34. The zero-order valence-corrected chi connectivity index (χ0v) is 22.4. The number of fused-ring (bicyclic) bond motifs is 1. The molecule has 0 saturated heterocycles. The smallest absolute Gasteiger partial charge is 0.145 e. The fourth-order valence-corrected chi connectivity index (χ4v) is 5.24. The van der Waals surface area contributed by atoms with Crippen molar-refractivity contribution in [3.05, 3.63) is 23.8 Å². The molecule has 0 atom stereocenters. The van der Waals surface area contributed by atoms with Crippen molar-refractivity contribution in [3.63, 3.8) is 0 Å². The predicted octanol–water partition coefficient (Wildman–Crippen LogP) is 10.0. The molecule has 0 radical (unpaired) electrons. The third-order valence-electron chi connectivity index (χ3n) is 7.42. The number of para-hydroxylation sites is 1. The Hall–Kier alpha value is -1.18. The molecule has 0 aliphatic carbocycles. The van der Waals surface area contributed by atoms with Crippen LogP contribution in [0.2, 0.25) is 0 Å². The molecular formula is C31H55NO. The minimum atomic E-state index is 0.830. The molecule has 1 aromatic rings. The molecule has 2 nitrogen and oxygen atoms in total. The summed E-state index contributed by atoms with van der Waals surface area (Å²) >= 11 is 0. The van der Waals surface area contributed by atoms with E-state index in [0.29, 0.717) is 0 Å². The van der Waals surface area contributed by atoms with Crippen molar-refractivity contribution < 1.29 is 4.74 Å². The maximum Gasteiger partial charge on any atom is 0.145 e. The number of hydrogen-bond acceptors (Lipinski definition) is 2. The largest absolute Gasteiger partial charge is 0.489 e. The van der Waals surface area contributed by atoms with E-state index in [1.165, 1.54) is 146 Å². The van der Waals surface area contributed by atoms with E-state index in [2.05, 4.69) is 36.9 Å². The highest BCUT2D eigenvalue weighted by atomic mass is 16.5. The van der Waals surface area contributed by atoms with Crippen LogP contribution in [0.4, 0.5) is 5.69 Å². The zero-order valence-electron chi connectivity index (χ0n) is 22.4. The van der Waals surface area contributed by atoms with Gasteiger partial charge in [0.1, 0.15) is 12.4 Å². The van der Waals surface area contributed by atoms with Gasteiger partial charge in [-0.15, -0.1) is 0 Å². The summed E-state index contributed by atoms with van der Waals surface area (Å²) in [5.74, 6) is 1.11. The topological polar surface area (TPSA) is 12.5 Å². The summed E-state index contributed by atoms with van der Waals surface area (Å²) in [6.45, 7) is 7.50. The van der Waals surface area contributed by atoms with Gasteiger partial charge in [0.25, 0.3) is 0 Å². The summed E-state index contributed by atoms with van der Waals surface area (Å²) in [6, 6.07) is 6.53. The first-order chi connectivity index (χ1) is 16.3. The average Bonchev–Trinajstić information content (AvgIpc) is 2.83. The second kappa shape index (κ2) is 19.2. The Labute approximate surface area is 206 Å². The van der Waals surface area contributed by atoms with Crippen molar-refractivity contribution in [1.29, 1.82) is 0 Å². The van der Waals surface area contributed by atoms with E-state index in [-0.39, 0.29) is 0 Å². The number of benzene rings is 1. The third kappa shape index (κ3) is 12.7. The summed E-state index contributed by atoms with van der Waals surface area (Å²) in [7, 11) is 0. The van der Waals surface area contributed by atoms with Gasteiger partial charge in [0, 0.05) is 6.54 Å². The number of hydrogen-bond donors (Lipinski definition) is 0. The van der Waals surface area contributed by atoms with Crippen LogP contribution < -0.4 is 9.64 Å². The monoisotopic (exact) mass is 457 g/mol. The lowest BCUT2D eigenvalue weighted by Gasteiger charge is -2.32. The number of unbranched alkanes of at least 4 members (excludes halogenated alkanes) is 19. The predicted molar refractivity (Wildman–Crippen MR) is 147 cm³/mol. The summed E-state index contributed by atoms with van der Waals surface area (Å²) in [4.78, 5) is 2.53. The SMILES string of the molecule is CCCCCCCCCCCCCCCCCCCCCCN1CCOc2c(C)cccc21. The van der Waals surface area contributed by atoms with E-state index < -0.39 is 0 Å². The lowest BCUT2D eigenvalue weighted by Crippen LogP contribution is -2.33. The van der Waals surface area contributed by atoms with Crippen LogP contribution in [-0.4, -0.2) is 19.7 Å². The molecular weight excluding hydrogens is 402 g/mol. The summed E-state index contributed by atoms with van der Waals surface area (Å²) in [5, 5.41) is 0. The molecule has 0 fully saturated rings. The molecule has 1 aromatic carbocycles. The van der Waals surface area contributed by atoms with Crippen molar-refractivity contribution in [2.45, 2.75) is 142 Å². The molecule has 1 aliphatic heterocycles. The van der Waals surface area contributed by atoms with E-state index in [4.69, 9.17) is 4.74 Å². The van der Waals surface area contributed by atoms with Crippen molar-refractivity contribution in [3.8, 4) is 5.75 Å². The molecule has 1 heterocycles. The molecule has 0 saturated carbocycles. The summed E-state index contributed by atoms with van der Waals surface area (Å²) < 4.78 is 5.89. The van der Waals surface area contributed by atoms with Crippen LogP contribution in [0.3, 0.4) is 0 Å². The highest BCUT2D eigenvalue weighted by molar-refractivity contribution is 5.62. The fraction of sp³-hybridized carbons (Fsp3) is 0.806. The van der Waals surface area contributed by atoms with Gasteiger partial charge in [-0.1, -0.05) is 141 Å². The Balaban J connectivity index is 1.30. The second-order valence-corrected chi connectivity index (χ2v) is 10.5. The lowest BCUT2D eigenvalue weighted by atomic mass is 10.0. The number of anilines is 1. The third-order valence-corrected chi connectivity index (χ3v) is 7.42. The number of aryl methyl sites for hydroxylation is 1. The van der Waals surface area contributed by atoms with Gasteiger partial charge in [-0.25, -0.2) is 0 Å². The van der Waals surface area contributed by atoms with Crippen LogP contribution in [-0.2, 0) is 0 Å². The van der Waals surface area contributed by atoms with E-state index in [0.717, 1.165) is 18.9 Å². The molecule has 0 N–H and O–H groups in total. The fourth-order valence-electron chi connectivity index (χ4n) is 5.24. The molecule has 0 unspecified atom stereocenters. The van der Waals surface area contributed by atoms with Crippen molar-refractivity contribution in [2.24, 2.45) is 0 Å². The maximum atomic E-state index is 5.89. The van der Waals surface area contributed by atoms with Gasteiger partial charge < -0.3 is 9.64 Å². The molecule has 2 rings (SSSR count). The van der Waals surface area contributed by atoms with Crippen LogP contribution >= 0.6 is 0 Å². The number of nitrogens with zero attached hydrogens (tertiary/aromatic N) is 1. The van der Waals surface area contributed by atoms with Crippen molar-refractivity contribution >= 4 is 5.69 Å². The van der Waals surface area contributed by atoms with Crippen LogP contribution in [0.25, 0.3) is 0 Å². The van der Waals surface area contributed by atoms with Crippen LogP contribution in [0.15, 0.2) is 18.2 Å². The normalized spacial score (nSPS) is 13.2. The quantitative estimate of drug-likeness (QED) is 0.170. The Morgan fingerprint density at radius 3 is 1.58 bits per heavy atom. The molecule has 2 heteroatoms. The van der Waals surface area contributed by atoms with Gasteiger partial charge in [0.15, 0.2) is 0 Å². The Morgan fingerprint density at radius 2 is 1.09 bits per heavy atom. The summed E-state index contributed by atoms with van der Waals surface area (Å²) in [6.07, 6.45) is 28.9. The van der Waals surface area contributed by atoms with E-state index in [9.17, 15) is 0 Å². The minimum absolute atomic E-state index is 0.830. The van der Waals surface area contributed by atoms with Gasteiger partial charge >= 0.3 is 0 Å². The first-order valence-corrected chi connectivity index (χ1v) is 14.8. The Bertz CT molecular complexity index is 584. The van der Waals surface area contributed by atoms with Crippen LogP contribution in [0.5, 0.6) is 5.75 Å². The van der Waals surface area contributed by atoms with E-state index in [1.54, 1.807) is 0 Å². The molecule has 33 heavy (non-hydrogen) atoms. The van der Waals surface area contributed by atoms with E-state index >= 15 is 0 Å². The van der Waals surface area contributed by atoms with Crippen molar-refractivity contribution in [1.82, 2.24) is 0 Å². The van der Waals surface area contributed by atoms with Gasteiger partial charge in [0.2, 0.25) is 0 Å². The van der Waals surface area contributed by atoms with Gasteiger partial charge in [-0.2, -0.15) is 0 Å². The Morgan fingerprint density at radius 1 is 0.636 bits per heavy atom. The average molecular weight is 458 g/mol. The molecule has 0 spiro atoms. The number of ether oxygens (including phenoxy) is 1. The van der Waals surface area contributed by atoms with Crippen LogP contribution in [0, 0.1) is 6.92 Å². The van der Waals surface area contributed by atoms with Crippen LogP contribution in [0.1, 0.15) is 141 Å². The summed E-state index contributed by atoms with van der Waals surface area (Å²) in [5.41, 5.74) is 2.57. The first-order valence-electron chi connectivity index (χ1n) is 14.8. The standard InChI is InChI=1S/C31H55NO/c1-3-4-5-6-7-8-9-10-11-12-13-14-15-16-17-18-19-20-21-22-26-32-27-28-33-31-29(2)24-23-25-30(31)32/h23-25H,3-22,26-28H2,1-2H3. The van der Waals surface area contributed by atoms with E-state index in [1.807, 2.05) is 0 Å². The molecule has 0 bridgehead atoms. The maximum absolute atomic E-state index is 5.89.